The van der Waals surface area contributed by atoms with E-state index < -0.39 is 5.91 Å². The van der Waals surface area contributed by atoms with Gasteiger partial charge in [-0.3, -0.25) is 16.0 Å². The van der Waals surface area contributed by atoms with E-state index in [1.54, 1.807) is 7.05 Å². The molecule has 0 atom stereocenters. The maximum atomic E-state index is 5.64. The van der Waals surface area contributed by atoms with Crippen molar-refractivity contribution in [2.75, 3.05) is 34.4 Å². The lowest BCUT2D eigenvalue weighted by Gasteiger charge is -2.45. The van der Waals surface area contributed by atoms with Crippen LogP contribution in [-0.2, 0) is 9.47 Å². The number of nitrogens with one attached hydrogen (secondary N) is 3. The van der Waals surface area contributed by atoms with Gasteiger partial charge in [-0.05, 0) is 28.1 Å². The lowest BCUT2D eigenvalue weighted by Crippen LogP contribution is -2.68. The third kappa shape index (κ3) is 2.07. The van der Waals surface area contributed by atoms with Gasteiger partial charge in [0.25, 0.3) is 0 Å². The Balaban J connectivity index is 2.59. The van der Waals surface area contributed by atoms with Crippen LogP contribution in [0, 0.1) is 6.92 Å². The zero-order valence-corrected chi connectivity index (χ0v) is 9.14. The van der Waals surface area contributed by atoms with Crippen LogP contribution in [0.2, 0.25) is 0 Å². The standard InChI is InChI=1S/C9H20N3O2/c1-5-9(12-4)13-6-8(10-2,11-3)7-14-9/h10-12H,1,5-7H2,2-4H3. The molecule has 0 unspecified atom stereocenters. The van der Waals surface area contributed by atoms with Gasteiger partial charge in [-0.25, -0.2) is 0 Å². The first kappa shape index (κ1) is 11.9. The van der Waals surface area contributed by atoms with Crippen LogP contribution in [0.1, 0.15) is 6.42 Å². The first-order chi connectivity index (χ1) is 6.66. The number of likely N-dealkylation sites (N-methyl/N-ethyl adjacent to an activating group) is 2. The Labute approximate surface area is 85.5 Å². The van der Waals surface area contributed by atoms with Crippen LogP contribution in [0.3, 0.4) is 0 Å². The highest BCUT2D eigenvalue weighted by atomic mass is 16.7. The zero-order valence-electron chi connectivity index (χ0n) is 9.14. The van der Waals surface area contributed by atoms with Gasteiger partial charge in [0, 0.05) is 6.42 Å². The third-order valence-corrected chi connectivity index (χ3v) is 2.77. The molecule has 1 radical (unpaired) electrons. The molecule has 5 heteroatoms. The summed E-state index contributed by atoms with van der Waals surface area (Å²) in [6, 6.07) is 0. The van der Waals surface area contributed by atoms with E-state index in [1.807, 2.05) is 14.1 Å². The van der Waals surface area contributed by atoms with Crippen LogP contribution in [0.4, 0.5) is 0 Å². The SMILES string of the molecule is [CH2]CC1(NC)OCC(NC)(NC)CO1. The minimum atomic E-state index is -0.725. The highest BCUT2D eigenvalue weighted by Crippen LogP contribution is 2.22. The minimum absolute atomic E-state index is 0.296. The normalized spacial score (nSPS) is 24.9. The molecule has 0 aromatic carbocycles. The van der Waals surface area contributed by atoms with E-state index in [9.17, 15) is 0 Å². The first-order valence-corrected chi connectivity index (χ1v) is 4.80. The first-order valence-electron chi connectivity index (χ1n) is 4.80. The summed E-state index contributed by atoms with van der Waals surface area (Å²) in [5.41, 5.74) is -0.296. The van der Waals surface area contributed by atoms with Crippen LogP contribution < -0.4 is 16.0 Å². The van der Waals surface area contributed by atoms with Gasteiger partial charge >= 0.3 is 0 Å². The van der Waals surface area contributed by atoms with Crippen molar-refractivity contribution in [3.63, 3.8) is 0 Å². The Kier molecular flexibility index (Phi) is 3.86. The van der Waals surface area contributed by atoms with Gasteiger partial charge < -0.3 is 9.47 Å². The molecule has 1 aliphatic heterocycles. The molecule has 0 aromatic heterocycles. The molecule has 1 heterocycles. The number of ether oxygens (including phenoxy) is 2. The van der Waals surface area contributed by atoms with Gasteiger partial charge in [0.2, 0.25) is 5.91 Å². The van der Waals surface area contributed by atoms with Crippen molar-refractivity contribution in [3.8, 4) is 0 Å². The van der Waals surface area contributed by atoms with Crippen LogP contribution in [0.5, 0.6) is 0 Å². The molecule has 83 valence electrons. The van der Waals surface area contributed by atoms with Gasteiger partial charge in [0.15, 0.2) is 0 Å². The molecule has 0 spiro atoms. The predicted molar refractivity (Wildman–Crippen MR) is 54.5 cm³/mol. The predicted octanol–water partition coefficient (Wildman–Crippen LogP) is -0.734. The van der Waals surface area contributed by atoms with Gasteiger partial charge in [0.1, 0.15) is 5.66 Å². The van der Waals surface area contributed by atoms with Crippen LogP contribution in [0.25, 0.3) is 0 Å². The van der Waals surface area contributed by atoms with Gasteiger partial charge in [0.05, 0.1) is 13.2 Å². The Morgan fingerprint density at radius 2 is 1.57 bits per heavy atom. The Morgan fingerprint density at radius 1 is 1.07 bits per heavy atom. The lowest BCUT2D eigenvalue weighted by molar-refractivity contribution is -0.306. The van der Waals surface area contributed by atoms with Gasteiger partial charge in [-0.1, -0.05) is 0 Å². The molecule has 0 saturated carbocycles. The third-order valence-electron chi connectivity index (χ3n) is 2.77. The largest absolute Gasteiger partial charge is 0.334 e. The van der Waals surface area contributed by atoms with E-state index in [1.165, 1.54) is 0 Å². The molecule has 0 bridgehead atoms. The summed E-state index contributed by atoms with van der Waals surface area (Å²) in [6.07, 6.45) is 0.535. The van der Waals surface area contributed by atoms with Crippen molar-refractivity contribution in [3.05, 3.63) is 6.92 Å². The maximum Gasteiger partial charge on any atom is 0.227 e. The lowest BCUT2D eigenvalue weighted by atomic mass is 10.1. The molecule has 1 saturated heterocycles. The van der Waals surface area contributed by atoms with E-state index in [0.717, 1.165) is 0 Å². The van der Waals surface area contributed by atoms with Crippen molar-refractivity contribution in [2.24, 2.45) is 0 Å². The fraction of sp³-hybridized carbons (Fsp3) is 0.889. The molecule has 14 heavy (non-hydrogen) atoms. The number of hydrogen-bond acceptors (Lipinski definition) is 5. The molecular weight excluding hydrogens is 182 g/mol. The average molecular weight is 202 g/mol. The van der Waals surface area contributed by atoms with Crippen molar-refractivity contribution >= 4 is 0 Å². The van der Waals surface area contributed by atoms with Crippen LogP contribution in [-0.4, -0.2) is 45.9 Å². The van der Waals surface area contributed by atoms with Crippen molar-refractivity contribution < 1.29 is 9.47 Å². The maximum absolute atomic E-state index is 5.64. The summed E-state index contributed by atoms with van der Waals surface area (Å²) in [6.45, 7) is 4.87. The topological polar surface area (TPSA) is 54.5 Å². The highest BCUT2D eigenvalue weighted by Gasteiger charge is 2.41. The fourth-order valence-electron chi connectivity index (χ4n) is 1.39. The summed E-state index contributed by atoms with van der Waals surface area (Å²) in [4.78, 5) is 0. The smallest absolute Gasteiger partial charge is 0.227 e. The van der Waals surface area contributed by atoms with Gasteiger partial charge in [-0.15, -0.1) is 0 Å². The fourth-order valence-corrected chi connectivity index (χ4v) is 1.39. The molecule has 0 amide bonds. The average Bonchev–Trinajstić information content (AvgIpc) is 2.29. The quantitative estimate of drug-likeness (QED) is 0.525. The summed E-state index contributed by atoms with van der Waals surface area (Å²) >= 11 is 0. The molecule has 1 rings (SSSR count). The number of rotatable bonds is 4. The minimum Gasteiger partial charge on any atom is -0.334 e. The Morgan fingerprint density at radius 3 is 1.86 bits per heavy atom. The summed E-state index contributed by atoms with van der Waals surface area (Å²) < 4.78 is 11.3. The second kappa shape index (κ2) is 4.55. The monoisotopic (exact) mass is 202 g/mol. The molecule has 0 aliphatic carbocycles. The van der Waals surface area contributed by atoms with Crippen molar-refractivity contribution in [2.45, 2.75) is 18.0 Å². The van der Waals surface area contributed by atoms with E-state index in [-0.39, 0.29) is 5.66 Å². The molecule has 5 nitrogen and oxygen atoms in total. The Bertz CT molecular complexity index is 147. The van der Waals surface area contributed by atoms with E-state index >= 15 is 0 Å². The molecule has 0 aromatic rings. The van der Waals surface area contributed by atoms with Crippen molar-refractivity contribution in [1.82, 2.24) is 16.0 Å². The zero-order chi connectivity index (χ0) is 10.7. The highest BCUT2D eigenvalue weighted by molar-refractivity contribution is 4.88. The molecular formula is C9H20N3O2. The van der Waals surface area contributed by atoms with E-state index in [2.05, 4.69) is 22.9 Å². The van der Waals surface area contributed by atoms with Crippen LogP contribution in [0.15, 0.2) is 0 Å². The second-order valence-electron chi connectivity index (χ2n) is 3.41. The molecule has 3 N–H and O–H groups in total. The van der Waals surface area contributed by atoms with Crippen LogP contribution >= 0.6 is 0 Å². The second-order valence-corrected chi connectivity index (χ2v) is 3.41. The summed E-state index contributed by atoms with van der Waals surface area (Å²) in [5.74, 6) is -0.725. The Hall–Kier alpha value is -0.200. The number of hydrogen-bond donors (Lipinski definition) is 3. The van der Waals surface area contributed by atoms with E-state index in [4.69, 9.17) is 9.47 Å². The summed E-state index contributed by atoms with van der Waals surface area (Å²) in [7, 11) is 5.55. The van der Waals surface area contributed by atoms with E-state index in [0.29, 0.717) is 19.6 Å². The molecule has 1 aliphatic rings. The van der Waals surface area contributed by atoms with Gasteiger partial charge in [-0.2, -0.15) is 0 Å². The van der Waals surface area contributed by atoms with Crippen molar-refractivity contribution in [1.29, 1.82) is 0 Å². The summed E-state index contributed by atoms with van der Waals surface area (Å²) in [5, 5.41) is 9.28. The molecule has 1 fully saturated rings.